The summed E-state index contributed by atoms with van der Waals surface area (Å²) in [5, 5.41) is 3.60. The topological polar surface area (TPSA) is 77.1 Å². The first-order valence-corrected chi connectivity index (χ1v) is 14.3. The number of fused-ring (bicyclic) bond motifs is 1. The Morgan fingerprint density at radius 3 is 2.32 bits per heavy atom. The highest BCUT2D eigenvalue weighted by molar-refractivity contribution is 6.06. The molecule has 1 aliphatic heterocycles. The van der Waals surface area contributed by atoms with Gasteiger partial charge in [-0.2, -0.15) is 0 Å². The second kappa shape index (κ2) is 12.5. The van der Waals surface area contributed by atoms with Crippen LogP contribution in [0, 0.1) is 0 Å². The lowest BCUT2D eigenvalue weighted by Crippen LogP contribution is -2.38. The van der Waals surface area contributed by atoms with E-state index in [0.29, 0.717) is 36.3 Å². The van der Waals surface area contributed by atoms with Crippen molar-refractivity contribution in [2.45, 2.75) is 57.4 Å². The standard InChI is InChI=1S/C34H38N2O5/c1-5-6-7-12-32(38)36-28-11-9-8-10-26(28)35-27-19-24(23-15-18-30(40-3)31(21-23)41-4)20-29(37)33(27)34(36)22-13-16-25(39-2)17-14-22/h8-11,13-18,21,24,34-35H,5-7,12,19-20H2,1-4H3/t24-,34-/m1/s1. The van der Waals surface area contributed by atoms with E-state index < -0.39 is 6.04 Å². The molecule has 3 aromatic rings. The average molecular weight is 555 g/mol. The fourth-order valence-electron chi connectivity index (χ4n) is 5.96. The van der Waals surface area contributed by atoms with Crippen molar-refractivity contribution in [2.75, 3.05) is 31.5 Å². The number of benzene rings is 3. The van der Waals surface area contributed by atoms with Gasteiger partial charge in [-0.05, 0) is 66.3 Å². The van der Waals surface area contributed by atoms with E-state index in [4.69, 9.17) is 14.2 Å². The molecule has 0 radical (unpaired) electrons. The van der Waals surface area contributed by atoms with Gasteiger partial charge in [-0.3, -0.25) is 14.5 Å². The number of Topliss-reactive ketones (excluding diaryl/α,β-unsaturated/α-hetero) is 1. The van der Waals surface area contributed by atoms with E-state index in [0.717, 1.165) is 53.2 Å². The fourth-order valence-corrected chi connectivity index (χ4v) is 5.96. The quantitative estimate of drug-likeness (QED) is 0.282. The summed E-state index contributed by atoms with van der Waals surface area (Å²) >= 11 is 0. The minimum atomic E-state index is -0.556. The van der Waals surface area contributed by atoms with Gasteiger partial charge in [0.05, 0.1) is 38.7 Å². The number of anilines is 2. The predicted octanol–water partition coefficient (Wildman–Crippen LogP) is 7.19. The van der Waals surface area contributed by atoms with Crippen LogP contribution in [0.4, 0.5) is 11.4 Å². The molecular weight excluding hydrogens is 516 g/mol. The Labute approximate surface area is 242 Å². The molecule has 3 aromatic carbocycles. The molecule has 0 saturated carbocycles. The van der Waals surface area contributed by atoms with Gasteiger partial charge in [-0.15, -0.1) is 0 Å². The van der Waals surface area contributed by atoms with Crippen molar-refractivity contribution in [3.8, 4) is 17.2 Å². The van der Waals surface area contributed by atoms with Crippen LogP contribution in [0.1, 0.15) is 68.5 Å². The molecular formula is C34H38N2O5. The molecule has 41 heavy (non-hydrogen) atoms. The van der Waals surface area contributed by atoms with Crippen LogP contribution in [0.3, 0.4) is 0 Å². The van der Waals surface area contributed by atoms with E-state index in [1.165, 1.54) is 0 Å². The first-order chi connectivity index (χ1) is 20.0. The number of nitrogens with zero attached hydrogens (tertiary/aromatic N) is 1. The third-order valence-corrected chi connectivity index (χ3v) is 8.06. The van der Waals surface area contributed by atoms with E-state index in [1.807, 2.05) is 71.6 Å². The van der Waals surface area contributed by atoms with Crippen LogP contribution in [-0.4, -0.2) is 33.0 Å². The van der Waals surface area contributed by atoms with Crippen LogP contribution in [0.5, 0.6) is 17.2 Å². The summed E-state index contributed by atoms with van der Waals surface area (Å²) in [5.74, 6) is 1.99. The zero-order valence-corrected chi connectivity index (χ0v) is 24.2. The predicted molar refractivity (Wildman–Crippen MR) is 161 cm³/mol. The number of carbonyl (C=O) groups is 2. The lowest BCUT2D eigenvalue weighted by atomic mass is 9.78. The van der Waals surface area contributed by atoms with Crippen molar-refractivity contribution < 1.29 is 23.8 Å². The van der Waals surface area contributed by atoms with Gasteiger partial charge < -0.3 is 19.5 Å². The number of unbranched alkanes of at least 4 members (excludes halogenated alkanes) is 2. The average Bonchev–Trinajstić information content (AvgIpc) is 3.15. The van der Waals surface area contributed by atoms with Crippen LogP contribution in [0.25, 0.3) is 0 Å². The molecule has 5 rings (SSSR count). The molecule has 0 bridgehead atoms. The summed E-state index contributed by atoms with van der Waals surface area (Å²) in [7, 11) is 4.86. The number of amides is 1. The van der Waals surface area contributed by atoms with E-state index >= 15 is 0 Å². The van der Waals surface area contributed by atoms with E-state index in [9.17, 15) is 9.59 Å². The lowest BCUT2D eigenvalue weighted by Gasteiger charge is -2.35. The Kier molecular flexibility index (Phi) is 8.62. The summed E-state index contributed by atoms with van der Waals surface area (Å²) in [5.41, 5.74) is 4.97. The van der Waals surface area contributed by atoms with Crippen molar-refractivity contribution in [1.29, 1.82) is 0 Å². The van der Waals surface area contributed by atoms with Crippen molar-refractivity contribution in [2.24, 2.45) is 0 Å². The molecule has 0 unspecified atom stereocenters. The number of carbonyl (C=O) groups excluding carboxylic acids is 2. The van der Waals surface area contributed by atoms with Crippen LogP contribution < -0.4 is 24.4 Å². The minimum absolute atomic E-state index is 0.0112. The van der Waals surface area contributed by atoms with Gasteiger partial charge in [0.25, 0.3) is 0 Å². The van der Waals surface area contributed by atoms with Crippen LogP contribution in [-0.2, 0) is 9.59 Å². The number of hydrogen-bond acceptors (Lipinski definition) is 6. The summed E-state index contributed by atoms with van der Waals surface area (Å²) in [6.07, 6.45) is 4.18. The van der Waals surface area contributed by atoms with Gasteiger partial charge in [0.15, 0.2) is 17.3 Å². The summed E-state index contributed by atoms with van der Waals surface area (Å²) in [6.45, 7) is 2.13. The molecule has 214 valence electrons. The molecule has 0 fully saturated rings. The van der Waals surface area contributed by atoms with E-state index in [2.05, 4.69) is 12.2 Å². The first-order valence-electron chi connectivity index (χ1n) is 14.3. The zero-order valence-electron chi connectivity index (χ0n) is 24.2. The Morgan fingerprint density at radius 1 is 0.878 bits per heavy atom. The molecule has 2 atom stereocenters. The molecule has 0 spiro atoms. The van der Waals surface area contributed by atoms with Gasteiger partial charge >= 0.3 is 0 Å². The van der Waals surface area contributed by atoms with Gasteiger partial charge in [-0.25, -0.2) is 0 Å². The van der Waals surface area contributed by atoms with Crippen molar-refractivity contribution in [1.82, 2.24) is 0 Å². The van der Waals surface area contributed by atoms with E-state index in [1.54, 1.807) is 21.3 Å². The van der Waals surface area contributed by atoms with Crippen molar-refractivity contribution in [3.63, 3.8) is 0 Å². The maximum atomic E-state index is 14.2. The maximum absolute atomic E-state index is 14.2. The highest BCUT2D eigenvalue weighted by atomic mass is 16.5. The lowest BCUT2D eigenvalue weighted by molar-refractivity contribution is -0.119. The third-order valence-electron chi connectivity index (χ3n) is 8.06. The highest BCUT2D eigenvalue weighted by Crippen LogP contribution is 2.48. The summed E-state index contributed by atoms with van der Waals surface area (Å²) in [4.78, 5) is 30.1. The monoisotopic (exact) mass is 554 g/mol. The van der Waals surface area contributed by atoms with Crippen molar-refractivity contribution in [3.05, 3.63) is 89.1 Å². The normalized spacial score (nSPS) is 18.1. The van der Waals surface area contributed by atoms with Crippen LogP contribution in [0.15, 0.2) is 78.0 Å². The van der Waals surface area contributed by atoms with E-state index in [-0.39, 0.29) is 17.6 Å². The maximum Gasteiger partial charge on any atom is 0.227 e. The molecule has 0 saturated heterocycles. The molecule has 2 aliphatic rings. The number of para-hydroxylation sites is 2. The molecule has 1 aliphatic carbocycles. The fraction of sp³-hybridized carbons (Fsp3) is 0.353. The largest absolute Gasteiger partial charge is 0.497 e. The van der Waals surface area contributed by atoms with Crippen LogP contribution >= 0.6 is 0 Å². The number of nitrogens with one attached hydrogen (secondary N) is 1. The number of ketones is 1. The smallest absolute Gasteiger partial charge is 0.227 e. The van der Waals surface area contributed by atoms with Gasteiger partial charge in [0.1, 0.15) is 5.75 Å². The Bertz CT molecular complexity index is 1450. The molecule has 7 nitrogen and oxygen atoms in total. The third kappa shape index (κ3) is 5.67. The zero-order chi connectivity index (χ0) is 28.9. The molecule has 0 aromatic heterocycles. The highest BCUT2D eigenvalue weighted by Gasteiger charge is 2.41. The Hall–Kier alpha value is -4.26. The van der Waals surface area contributed by atoms with Crippen molar-refractivity contribution >= 4 is 23.1 Å². The van der Waals surface area contributed by atoms with Gasteiger partial charge in [0, 0.05) is 24.1 Å². The first kappa shape index (κ1) is 28.3. The SMILES string of the molecule is CCCCCC(=O)N1c2ccccc2NC2=C(C(=O)C[C@H](c3ccc(OC)c(OC)c3)C2)[C@H]1c1ccc(OC)cc1. The summed E-state index contributed by atoms with van der Waals surface area (Å²) < 4.78 is 16.4. The number of ether oxygens (including phenoxy) is 3. The van der Waals surface area contributed by atoms with Gasteiger partial charge in [0.2, 0.25) is 5.91 Å². The van der Waals surface area contributed by atoms with Crippen LogP contribution in [0.2, 0.25) is 0 Å². The summed E-state index contributed by atoms with van der Waals surface area (Å²) in [6, 6.07) is 20.8. The number of rotatable bonds is 9. The minimum Gasteiger partial charge on any atom is -0.497 e. The number of hydrogen-bond donors (Lipinski definition) is 1. The molecule has 1 heterocycles. The number of allylic oxidation sites excluding steroid dienone is 1. The Balaban J connectivity index is 1.64. The molecule has 1 N–H and O–H groups in total. The second-order valence-electron chi connectivity index (χ2n) is 10.6. The second-order valence-corrected chi connectivity index (χ2v) is 10.6. The Morgan fingerprint density at radius 2 is 1.61 bits per heavy atom. The molecule has 7 heteroatoms. The molecule has 1 amide bonds. The van der Waals surface area contributed by atoms with Gasteiger partial charge in [-0.1, -0.05) is 50.1 Å². The number of methoxy groups -OCH3 is 3.